The summed E-state index contributed by atoms with van der Waals surface area (Å²) in [7, 11) is 2.00. The molecular formula is C14H16BrN3OS. The Hall–Kier alpha value is -1.53. The van der Waals surface area contributed by atoms with Gasteiger partial charge in [0.15, 0.2) is 5.84 Å². The van der Waals surface area contributed by atoms with Crippen LogP contribution in [0, 0.1) is 0 Å². The lowest BCUT2D eigenvalue weighted by molar-refractivity contribution is 0.318. The van der Waals surface area contributed by atoms with Crippen LogP contribution in [0.3, 0.4) is 0 Å². The van der Waals surface area contributed by atoms with E-state index < -0.39 is 0 Å². The van der Waals surface area contributed by atoms with E-state index in [9.17, 15) is 0 Å². The van der Waals surface area contributed by atoms with E-state index in [2.05, 4.69) is 44.4 Å². The van der Waals surface area contributed by atoms with E-state index in [1.807, 2.05) is 31.3 Å². The van der Waals surface area contributed by atoms with E-state index in [1.54, 1.807) is 11.3 Å². The van der Waals surface area contributed by atoms with Crippen molar-refractivity contribution in [3.63, 3.8) is 0 Å². The van der Waals surface area contributed by atoms with Crippen molar-refractivity contribution in [2.24, 2.45) is 10.9 Å². The molecule has 2 aromatic rings. The maximum absolute atomic E-state index is 8.94. The maximum Gasteiger partial charge on any atom is 0.172 e. The highest BCUT2D eigenvalue weighted by Gasteiger charge is 2.18. The molecule has 0 amide bonds. The van der Waals surface area contributed by atoms with Gasteiger partial charge in [-0.1, -0.05) is 27.2 Å². The zero-order valence-corrected chi connectivity index (χ0v) is 13.6. The van der Waals surface area contributed by atoms with Crippen molar-refractivity contribution >= 4 is 38.8 Å². The molecule has 0 spiro atoms. The Kier molecular flexibility index (Phi) is 4.67. The molecule has 0 aliphatic rings. The van der Waals surface area contributed by atoms with Crippen LogP contribution >= 0.6 is 27.3 Å². The van der Waals surface area contributed by atoms with Gasteiger partial charge in [0.1, 0.15) is 0 Å². The molecule has 2 rings (SSSR count). The zero-order valence-electron chi connectivity index (χ0n) is 11.2. The van der Waals surface area contributed by atoms with Crippen LogP contribution in [0.5, 0.6) is 0 Å². The van der Waals surface area contributed by atoms with Crippen LogP contribution in [-0.2, 0) is 0 Å². The monoisotopic (exact) mass is 353 g/mol. The molecule has 1 aromatic heterocycles. The molecule has 3 N–H and O–H groups in total. The van der Waals surface area contributed by atoms with Crippen LogP contribution in [0.1, 0.15) is 23.4 Å². The van der Waals surface area contributed by atoms with Gasteiger partial charge in [-0.05, 0) is 36.6 Å². The lowest BCUT2D eigenvalue weighted by atomic mass is 10.1. The molecule has 0 bridgehead atoms. The second-order valence-corrected chi connectivity index (χ2v) is 6.34. The highest BCUT2D eigenvalue weighted by Crippen LogP contribution is 2.31. The number of amidine groups is 1. The smallest absolute Gasteiger partial charge is 0.172 e. The predicted molar refractivity (Wildman–Crippen MR) is 87.8 cm³/mol. The van der Waals surface area contributed by atoms with Gasteiger partial charge < -0.3 is 15.8 Å². The number of hydrogen-bond donors (Lipinski definition) is 2. The van der Waals surface area contributed by atoms with E-state index in [0.29, 0.717) is 5.56 Å². The van der Waals surface area contributed by atoms with Crippen molar-refractivity contribution in [1.82, 2.24) is 0 Å². The van der Waals surface area contributed by atoms with Gasteiger partial charge >= 0.3 is 0 Å². The van der Waals surface area contributed by atoms with Crippen LogP contribution in [0.2, 0.25) is 0 Å². The highest BCUT2D eigenvalue weighted by atomic mass is 79.9. The van der Waals surface area contributed by atoms with Gasteiger partial charge in [0.2, 0.25) is 0 Å². The SMILES string of the molecule is CC(c1cccs1)N(C)c1ccc(Br)cc1/C(N)=N/O. The van der Waals surface area contributed by atoms with Crippen molar-refractivity contribution in [2.75, 3.05) is 11.9 Å². The molecule has 1 atom stereocenters. The third-order valence-electron chi connectivity index (χ3n) is 3.26. The average molecular weight is 354 g/mol. The minimum atomic E-state index is 0.103. The minimum Gasteiger partial charge on any atom is -0.409 e. The summed E-state index contributed by atoms with van der Waals surface area (Å²) in [6, 6.07) is 10.1. The fourth-order valence-electron chi connectivity index (χ4n) is 2.00. The van der Waals surface area contributed by atoms with Crippen LogP contribution < -0.4 is 10.6 Å². The molecule has 0 aliphatic heterocycles. The first-order valence-corrected chi connectivity index (χ1v) is 7.75. The summed E-state index contributed by atoms with van der Waals surface area (Å²) in [5.41, 5.74) is 7.40. The number of halogens is 1. The first-order chi connectivity index (χ1) is 9.54. The van der Waals surface area contributed by atoms with Crippen molar-refractivity contribution in [3.8, 4) is 0 Å². The Morgan fingerprint density at radius 2 is 2.20 bits per heavy atom. The first-order valence-electron chi connectivity index (χ1n) is 6.08. The van der Waals surface area contributed by atoms with Crippen LogP contribution in [0.15, 0.2) is 45.3 Å². The van der Waals surface area contributed by atoms with Gasteiger partial charge in [-0.3, -0.25) is 0 Å². The van der Waals surface area contributed by atoms with Crippen molar-refractivity contribution in [1.29, 1.82) is 0 Å². The molecule has 0 radical (unpaired) electrons. The van der Waals surface area contributed by atoms with Gasteiger partial charge in [0, 0.05) is 27.6 Å². The van der Waals surface area contributed by atoms with Gasteiger partial charge in [-0.2, -0.15) is 0 Å². The van der Waals surface area contributed by atoms with Crippen LogP contribution in [0.4, 0.5) is 5.69 Å². The molecule has 0 aliphatic carbocycles. The van der Waals surface area contributed by atoms with E-state index in [4.69, 9.17) is 10.9 Å². The molecule has 1 unspecified atom stereocenters. The summed E-state index contributed by atoms with van der Waals surface area (Å²) in [4.78, 5) is 3.38. The number of thiophene rings is 1. The summed E-state index contributed by atoms with van der Waals surface area (Å²) in [6.45, 7) is 2.13. The fourth-order valence-corrected chi connectivity index (χ4v) is 3.19. The zero-order chi connectivity index (χ0) is 14.7. The van der Waals surface area contributed by atoms with Gasteiger partial charge in [0.05, 0.1) is 6.04 Å². The van der Waals surface area contributed by atoms with E-state index >= 15 is 0 Å². The third kappa shape index (κ3) is 2.96. The van der Waals surface area contributed by atoms with E-state index in [-0.39, 0.29) is 11.9 Å². The number of benzene rings is 1. The van der Waals surface area contributed by atoms with Crippen molar-refractivity contribution in [2.45, 2.75) is 13.0 Å². The standard InChI is InChI=1S/C14H16BrN3OS/c1-9(13-4-3-7-20-13)18(2)12-6-5-10(15)8-11(12)14(16)17-19/h3-9,19H,1-2H3,(H2,16,17). The van der Waals surface area contributed by atoms with Gasteiger partial charge in [-0.15, -0.1) is 11.3 Å². The lowest BCUT2D eigenvalue weighted by Crippen LogP contribution is -2.25. The molecule has 0 saturated carbocycles. The lowest BCUT2D eigenvalue weighted by Gasteiger charge is -2.28. The molecule has 4 nitrogen and oxygen atoms in total. The van der Waals surface area contributed by atoms with Gasteiger partial charge in [-0.25, -0.2) is 0 Å². The summed E-state index contributed by atoms with van der Waals surface area (Å²) in [5, 5.41) is 14.1. The molecule has 1 aromatic carbocycles. The summed E-state index contributed by atoms with van der Waals surface area (Å²) < 4.78 is 0.889. The Bertz CT molecular complexity index is 613. The second-order valence-electron chi connectivity index (χ2n) is 4.45. The number of hydrogen-bond acceptors (Lipinski definition) is 4. The molecule has 0 saturated heterocycles. The number of nitrogens with zero attached hydrogens (tertiary/aromatic N) is 2. The van der Waals surface area contributed by atoms with Crippen molar-refractivity contribution < 1.29 is 5.21 Å². The number of anilines is 1. The Balaban J connectivity index is 2.41. The quantitative estimate of drug-likeness (QED) is 0.380. The molecular weight excluding hydrogens is 338 g/mol. The van der Waals surface area contributed by atoms with Crippen molar-refractivity contribution in [3.05, 3.63) is 50.6 Å². The maximum atomic E-state index is 8.94. The van der Waals surface area contributed by atoms with E-state index in [1.165, 1.54) is 4.88 Å². The predicted octanol–water partition coefficient (Wildman–Crippen LogP) is 3.80. The summed E-state index contributed by atoms with van der Waals surface area (Å²) in [6.07, 6.45) is 0. The highest BCUT2D eigenvalue weighted by molar-refractivity contribution is 9.10. The Labute approximate surface area is 130 Å². The molecule has 0 fully saturated rings. The van der Waals surface area contributed by atoms with Crippen LogP contribution in [0.25, 0.3) is 0 Å². The van der Waals surface area contributed by atoms with Gasteiger partial charge in [0.25, 0.3) is 0 Å². The number of oxime groups is 1. The largest absolute Gasteiger partial charge is 0.409 e. The first kappa shape index (κ1) is 14.9. The number of nitrogens with two attached hydrogens (primary N) is 1. The second kappa shape index (κ2) is 6.28. The van der Waals surface area contributed by atoms with E-state index in [0.717, 1.165) is 10.2 Å². The normalized spacial score (nSPS) is 13.2. The third-order valence-corrected chi connectivity index (χ3v) is 4.79. The minimum absolute atomic E-state index is 0.103. The topological polar surface area (TPSA) is 61.8 Å². The van der Waals surface area contributed by atoms with Crippen LogP contribution in [-0.4, -0.2) is 18.1 Å². The molecule has 1 heterocycles. The Morgan fingerprint density at radius 3 is 2.80 bits per heavy atom. The molecule has 106 valence electrons. The summed E-state index contributed by atoms with van der Waals surface area (Å²) in [5.74, 6) is 0.103. The average Bonchev–Trinajstić information content (AvgIpc) is 2.99. The molecule has 20 heavy (non-hydrogen) atoms. The molecule has 6 heteroatoms. The fraction of sp³-hybridized carbons (Fsp3) is 0.214. The number of rotatable bonds is 4. The summed E-state index contributed by atoms with van der Waals surface area (Å²) >= 11 is 5.13. The Morgan fingerprint density at radius 1 is 1.45 bits per heavy atom.